The van der Waals surface area contributed by atoms with Gasteiger partial charge in [-0.25, -0.2) is 14.0 Å². The molecule has 0 atom stereocenters. The lowest BCUT2D eigenvalue weighted by Gasteiger charge is -2.16. The van der Waals surface area contributed by atoms with Gasteiger partial charge in [0.15, 0.2) is 0 Å². The van der Waals surface area contributed by atoms with E-state index >= 15 is 4.39 Å². The van der Waals surface area contributed by atoms with Crippen LogP contribution in [0.15, 0.2) is 78.9 Å². The molecular weight excluding hydrogens is 615 g/mol. The van der Waals surface area contributed by atoms with Crippen molar-refractivity contribution in [1.82, 2.24) is 9.55 Å². The van der Waals surface area contributed by atoms with Gasteiger partial charge in [0, 0.05) is 26.3 Å². The Bertz CT molecular complexity index is 1900. The maximum absolute atomic E-state index is 15.8. The summed E-state index contributed by atoms with van der Waals surface area (Å²) in [4.78, 5) is 29.0. The largest absolute Gasteiger partial charge is 0.465 e. The summed E-state index contributed by atoms with van der Waals surface area (Å²) in [6, 6.07) is 24.2. The van der Waals surface area contributed by atoms with Gasteiger partial charge in [-0.3, -0.25) is 4.57 Å². The molecule has 0 N–H and O–H groups in total. The number of carbonyl (C=O) groups is 2. The van der Waals surface area contributed by atoms with Crippen molar-refractivity contribution < 1.29 is 32.9 Å². The van der Waals surface area contributed by atoms with Gasteiger partial charge < -0.3 is 18.9 Å². The monoisotopic (exact) mass is 654 g/mol. The average molecular weight is 655 g/mol. The van der Waals surface area contributed by atoms with E-state index in [2.05, 4.69) is 19.6 Å². The Balaban J connectivity index is 1.46. The van der Waals surface area contributed by atoms with Crippen LogP contribution in [0.3, 0.4) is 0 Å². The van der Waals surface area contributed by atoms with Crippen LogP contribution in [-0.2, 0) is 20.9 Å². The van der Waals surface area contributed by atoms with Gasteiger partial charge in [-0.1, -0.05) is 62.1 Å². The molecule has 0 saturated carbocycles. The third kappa shape index (κ3) is 7.96. The van der Waals surface area contributed by atoms with Crippen LogP contribution >= 0.6 is 0 Å². The predicted molar refractivity (Wildman–Crippen MR) is 183 cm³/mol. The van der Waals surface area contributed by atoms with Gasteiger partial charge in [0.1, 0.15) is 18.3 Å². The fraction of sp³-hybridized carbons (Fsp3) is 0.270. The quantitative estimate of drug-likeness (QED) is 0.0754. The minimum Gasteiger partial charge on any atom is -0.465 e. The second-order valence-corrected chi connectivity index (χ2v) is 18.1. The molecule has 0 amide bonds. The number of aryl methyl sites for hydroxylation is 1. The van der Waals surface area contributed by atoms with E-state index in [9.17, 15) is 9.59 Å². The molecule has 8 nitrogen and oxygen atoms in total. The van der Waals surface area contributed by atoms with Crippen molar-refractivity contribution >= 4 is 31.0 Å². The first-order chi connectivity index (χ1) is 22.5. The normalized spacial score (nSPS) is 11.5. The Labute approximate surface area is 275 Å². The number of fused-ring (bicyclic) bond motifs is 1. The SMILES string of the molecule is CCOC(=O)c1ccc(-c2ccc(-c3cc4nc(Oc5ccc(C)c(C(=O)OC)c5)n(COCC[Si](C)(C)C)c4cc3F)cc2)cc1. The molecule has 0 spiro atoms. The summed E-state index contributed by atoms with van der Waals surface area (Å²) in [5.41, 5.74) is 5.58. The summed E-state index contributed by atoms with van der Waals surface area (Å²) < 4.78 is 39.7. The summed E-state index contributed by atoms with van der Waals surface area (Å²) in [6.07, 6.45) is 0. The van der Waals surface area contributed by atoms with Crippen molar-refractivity contribution in [1.29, 1.82) is 0 Å². The van der Waals surface area contributed by atoms with Crippen molar-refractivity contribution in [3.8, 4) is 34.0 Å². The van der Waals surface area contributed by atoms with Crippen LogP contribution in [0.25, 0.3) is 33.3 Å². The minimum atomic E-state index is -1.33. The van der Waals surface area contributed by atoms with Crippen LogP contribution < -0.4 is 4.74 Å². The van der Waals surface area contributed by atoms with Gasteiger partial charge in [-0.15, -0.1) is 0 Å². The zero-order chi connectivity index (χ0) is 33.7. The van der Waals surface area contributed by atoms with E-state index in [1.54, 1.807) is 47.9 Å². The first-order valence-electron chi connectivity index (χ1n) is 15.5. The van der Waals surface area contributed by atoms with Crippen LogP contribution in [0.4, 0.5) is 4.39 Å². The number of hydrogen-bond acceptors (Lipinski definition) is 7. The predicted octanol–water partition coefficient (Wildman–Crippen LogP) is 8.89. The van der Waals surface area contributed by atoms with E-state index in [0.717, 1.165) is 22.7 Å². The third-order valence-electron chi connectivity index (χ3n) is 7.77. The molecular formula is C37H39FN2O6Si. The van der Waals surface area contributed by atoms with Crippen molar-refractivity contribution in [3.63, 3.8) is 0 Å². The molecule has 1 aromatic heterocycles. The zero-order valence-electron chi connectivity index (χ0n) is 27.6. The number of benzene rings is 4. The van der Waals surface area contributed by atoms with Gasteiger partial charge in [0.2, 0.25) is 0 Å². The number of methoxy groups -OCH3 is 1. The lowest BCUT2D eigenvalue weighted by atomic mass is 9.99. The molecule has 0 radical (unpaired) electrons. The highest BCUT2D eigenvalue weighted by atomic mass is 28.3. The molecule has 10 heteroatoms. The number of nitrogens with zero attached hydrogens (tertiary/aromatic N) is 2. The first kappa shape index (κ1) is 33.6. The second kappa shape index (κ2) is 14.3. The molecule has 47 heavy (non-hydrogen) atoms. The fourth-order valence-corrected chi connectivity index (χ4v) is 5.79. The maximum Gasteiger partial charge on any atom is 0.338 e. The first-order valence-corrected chi connectivity index (χ1v) is 19.2. The van der Waals surface area contributed by atoms with E-state index in [1.165, 1.54) is 13.2 Å². The highest BCUT2D eigenvalue weighted by molar-refractivity contribution is 6.76. The number of esters is 2. The standard InChI is InChI=1S/C37H39FN2O6Si/c1-7-45-35(41)28-15-11-26(12-16-28)25-9-13-27(14-10-25)31-21-33-34(22-32(31)38)40(23-44-18-19-47(4,5)6)37(39-33)46-29-17-8-24(2)30(20-29)36(42)43-3/h8-17,20-22H,7,18-19,23H2,1-6H3. The fourth-order valence-electron chi connectivity index (χ4n) is 5.04. The number of rotatable bonds is 12. The van der Waals surface area contributed by atoms with Crippen LogP contribution in [0.2, 0.25) is 25.7 Å². The van der Waals surface area contributed by atoms with E-state index in [0.29, 0.717) is 52.3 Å². The highest BCUT2D eigenvalue weighted by Crippen LogP contribution is 2.33. The number of carbonyl (C=O) groups excluding carboxylic acids is 2. The smallest absolute Gasteiger partial charge is 0.338 e. The number of ether oxygens (including phenoxy) is 4. The molecule has 0 fully saturated rings. The molecule has 0 saturated heterocycles. The van der Waals surface area contributed by atoms with Crippen LogP contribution in [0, 0.1) is 12.7 Å². The Kier molecular flexibility index (Phi) is 10.2. The van der Waals surface area contributed by atoms with E-state index < -0.39 is 19.9 Å². The molecule has 244 valence electrons. The number of halogens is 1. The topological polar surface area (TPSA) is 88.9 Å². The molecule has 5 rings (SSSR count). The van der Waals surface area contributed by atoms with Crippen molar-refractivity contribution in [3.05, 3.63) is 101 Å². The Morgan fingerprint density at radius 2 is 1.53 bits per heavy atom. The summed E-state index contributed by atoms with van der Waals surface area (Å²) in [5.74, 6) is -0.856. The summed E-state index contributed by atoms with van der Waals surface area (Å²) >= 11 is 0. The molecule has 1 heterocycles. The number of imidazole rings is 1. The van der Waals surface area contributed by atoms with E-state index in [1.807, 2.05) is 43.3 Å². The van der Waals surface area contributed by atoms with Gasteiger partial charge in [0.25, 0.3) is 0 Å². The molecule has 0 aliphatic heterocycles. The zero-order valence-corrected chi connectivity index (χ0v) is 28.6. The van der Waals surface area contributed by atoms with Gasteiger partial charge in [-0.05, 0) is 72.5 Å². The van der Waals surface area contributed by atoms with Crippen molar-refractivity contribution in [2.45, 2.75) is 46.3 Å². The van der Waals surface area contributed by atoms with Crippen LogP contribution in [0.5, 0.6) is 11.8 Å². The summed E-state index contributed by atoms with van der Waals surface area (Å²) in [6.45, 7) is 11.4. The highest BCUT2D eigenvalue weighted by Gasteiger charge is 2.20. The van der Waals surface area contributed by atoms with Crippen molar-refractivity contribution in [2.24, 2.45) is 0 Å². The molecule has 4 aromatic carbocycles. The Morgan fingerprint density at radius 3 is 2.17 bits per heavy atom. The molecule has 0 unspecified atom stereocenters. The van der Waals surface area contributed by atoms with Crippen LogP contribution in [-0.4, -0.2) is 49.9 Å². The number of hydrogen-bond donors (Lipinski definition) is 0. The van der Waals surface area contributed by atoms with E-state index in [4.69, 9.17) is 23.9 Å². The van der Waals surface area contributed by atoms with Crippen LogP contribution in [0.1, 0.15) is 33.2 Å². The molecule has 5 aromatic rings. The van der Waals surface area contributed by atoms with Gasteiger partial charge in [0.05, 0.1) is 35.9 Å². The molecule has 0 aliphatic rings. The second-order valence-electron chi connectivity index (χ2n) is 12.4. The molecule has 0 bridgehead atoms. The Morgan fingerprint density at radius 1 is 0.872 bits per heavy atom. The summed E-state index contributed by atoms with van der Waals surface area (Å²) in [7, 11) is 0.00288. The van der Waals surface area contributed by atoms with E-state index in [-0.39, 0.29) is 18.7 Å². The summed E-state index contributed by atoms with van der Waals surface area (Å²) in [5, 5.41) is 0. The lowest BCUT2D eigenvalue weighted by molar-refractivity contribution is 0.0525. The third-order valence-corrected chi connectivity index (χ3v) is 9.47. The maximum atomic E-state index is 15.8. The number of aromatic nitrogens is 2. The van der Waals surface area contributed by atoms with Crippen molar-refractivity contribution in [2.75, 3.05) is 20.3 Å². The Hall–Kier alpha value is -4.80. The lowest BCUT2D eigenvalue weighted by Crippen LogP contribution is -2.22. The molecule has 0 aliphatic carbocycles. The van der Waals surface area contributed by atoms with Gasteiger partial charge in [-0.2, -0.15) is 4.98 Å². The minimum absolute atomic E-state index is 0.120. The van der Waals surface area contributed by atoms with Gasteiger partial charge >= 0.3 is 17.9 Å². The average Bonchev–Trinajstić information content (AvgIpc) is 3.38.